The molecule has 0 radical (unpaired) electrons. The predicted octanol–water partition coefficient (Wildman–Crippen LogP) is 0.484. The highest BCUT2D eigenvalue weighted by Crippen LogP contribution is 1.78. The first-order chi connectivity index (χ1) is 3.83. The average Bonchev–Trinajstić information content (AvgIpc) is 1.71. The van der Waals surface area contributed by atoms with E-state index in [1.807, 2.05) is 0 Å². The fourth-order valence-electron chi connectivity index (χ4n) is 0.158. The second kappa shape index (κ2) is 26.2. The van der Waals surface area contributed by atoms with Gasteiger partial charge in [0.2, 0.25) is 0 Å². The van der Waals surface area contributed by atoms with E-state index in [0.717, 1.165) is 12.8 Å². The van der Waals surface area contributed by atoms with Crippen LogP contribution in [-0.2, 0) is 0 Å². The van der Waals surface area contributed by atoms with Crippen LogP contribution >= 0.6 is 0 Å². The van der Waals surface area contributed by atoms with Crippen LogP contribution in [0.25, 0.3) is 0 Å². The third-order valence-corrected chi connectivity index (χ3v) is 0.512. The monoisotopic (exact) mass is 133 g/mol. The molecular weight excluding hydrogens is 118 g/mol. The molecule has 0 aromatic heterocycles. The van der Waals surface area contributed by atoms with E-state index < -0.39 is 0 Å². The van der Waals surface area contributed by atoms with E-state index in [1.54, 1.807) is 6.07 Å². The van der Waals surface area contributed by atoms with Crippen molar-refractivity contribution in [3.63, 3.8) is 0 Å². The highest BCUT2D eigenvalue weighted by Gasteiger charge is 1.69. The molecule has 0 spiro atoms. The third kappa shape index (κ3) is 109. The normalized spacial score (nSPS) is 5.56. The highest BCUT2D eigenvalue weighted by molar-refractivity contribution is 4.51. The lowest BCUT2D eigenvalue weighted by Crippen LogP contribution is -1.75. The summed E-state index contributed by atoms with van der Waals surface area (Å²) in [6, 6.07) is 1.75. The quantitative estimate of drug-likeness (QED) is 0.595. The van der Waals surface area contributed by atoms with Crippen molar-refractivity contribution in [3.8, 4) is 6.07 Å². The zero-order chi connectivity index (χ0) is 6.83. The van der Waals surface area contributed by atoms with Crippen molar-refractivity contribution in [2.24, 2.45) is 0 Å². The summed E-state index contributed by atoms with van der Waals surface area (Å²) in [7, 11) is 0. The molecule has 9 heavy (non-hydrogen) atoms. The maximum Gasteiger partial charge on any atom is 0.0587 e. The summed E-state index contributed by atoms with van der Waals surface area (Å²) in [5.41, 5.74) is 0. The summed E-state index contributed by atoms with van der Waals surface area (Å²) in [6.07, 6.45) is 2.04. The van der Waals surface area contributed by atoms with Crippen molar-refractivity contribution in [3.05, 3.63) is 0 Å². The molecule has 0 aromatic carbocycles. The number of unbranched alkanes of at least 4 members (excludes halogenated alkanes) is 1. The number of hydrogen-bond acceptors (Lipinski definition) is 2. The van der Waals surface area contributed by atoms with Gasteiger partial charge in [0, 0.05) is 13.5 Å². The molecule has 3 nitrogen and oxygen atoms in total. The van der Waals surface area contributed by atoms with Crippen LogP contribution in [0.15, 0.2) is 0 Å². The molecule has 0 rings (SSSR count). The molecule has 0 aliphatic heterocycles. The first-order valence-corrected chi connectivity index (χ1v) is 2.75. The molecule has 3 N–H and O–H groups in total. The predicted molar refractivity (Wildman–Crippen MR) is 36.9 cm³/mol. The number of hydrogen-bond donors (Lipinski definition) is 1. The minimum atomic E-state index is 0. The molecular formula is C6H15NO2. The SMILES string of the molecule is CC#N.CCCCO.O. The molecule has 0 unspecified atom stereocenters. The van der Waals surface area contributed by atoms with Gasteiger partial charge >= 0.3 is 0 Å². The van der Waals surface area contributed by atoms with Crippen LogP contribution in [0.3, 0.4) is 0 Å². The second-order valence-corrected chi connectivity index (χ2v) is 1.30. The minimum Gasteiger partial charge on any atom is -0.412 e. The van der Waals surface area contributed by atoms with Crippen LogP contribution in [0, 0.1) is 11.3 Å². The molecule has 0 heterocycles. The van der Waals surface area contributed by atoms with Crippen molar-refractivity contribution in [1.29, 1.82) is 5.26 Å². The Kier molecular flexibility index (Phi) is 45.9. The van der Waals surface area contributed by atoms with E-state index >= 15 is 0 Å². The first-order valence-electron chi connectivity index (χ1n) is 2.75. The van der Waals surface area contributed by atoms with Gasteiger partial charge in [-0.1, -0.05) is 13.3 Å². The van der Waals surface area contributed by atoms with Gasteiger partial charge < -0.3 is 10.6 Å². The van der Waals surface area contributed by atoms with Crippen molar-refractivity contribution >= 4 is 0 Å². The zero-order valence-electron chi connectivity index (χ0n) is 6.02. The molecule has 0 amide bonds. The van der Waals surface area contributed by atoms with Gasteiger partial charge in [-0.05, 0) is 6.42 Å². The Labute approximate surface area is 56.2 Å². The number of rotatable bonds is 2. The number of nitriles is 1. The zero-order valence-corrected chi connectivity index (χ0v) is 6.02. The van der Waals surface area contributed by atoms with Gasteiger partial charge in [0.25, 0.3) is 0 Å². The Morgan fingerprint density at radius 1 is 1.56 bits per heavy atom. The number of aliphatic hydroxyl groups excluding tert-OH is 1. The van der Waals surface area contributed by atoms with Gasteiger partial charge in [-0.2, -0.15) is 5.26 Å². The molecule has 0 bridgehead atoms. The maximum absolute atomic E-state index is 8.07. The van der Waals surface area contributed by atoms with Gasteiger partial charge in [0.05, 0.1) is 6.07 Å². The molecule has 0 aromatic rings. The van der Waals surface area contributed by atoms with Crippen LogP contribution in [0.4, 0.5) is 0 Å². The van der Waals surface area contributed by atoms with Crippen LogP contribution in [0.5, 0.6) is 0 Å². The summed E-state index contributed by atoms with van der Waals surface area (Å²) >= 11 is 0. The van der Waals surface area contributed by atoms with E-state index in [4.69, 9.17) is 10.4 Å². The topological polar surface area (TPSA) is 75.5 Å². The van der Waals surface area contributed by atoms with E-state index in [1.165, 1.54) is 6.92 Å². The summed E-state index contributed by atoms with van der Waals surface area (Å²) in [5.74, 6) is 0. The van der Waals surface area contributed by atoms with Gasteiger partial charge in [-0.15, -0.1) is 0 Å². The van der Waals surface area contributed by atoms with E-state index in [9.17, 15) is 0 Å². The fraction of sp³-hybridized carbons (Fsp3) is 0.833. The standard InChI is InChI=1S/C4H10O.C2H3N.H2O/c1-2-3-4-5;1-2-3;/h5H,2-4H2,1H3;1H3;1H2. The van der Waals surface area contributed by atoms with Crippen LogP contribution < -0.4 is 0 Å². The molecule has 3 heteroatoms. The van der Waals surface area contributed by atoms with Crippen LogP contribution in [-0.4, -0.2) is 17.2 Å². The van der Waals surface area contributed by atoms with E-state index in [-0.39, 0.29) is 5.48 Å². The smallest absolute Gasteiger partial charge is 0.0587 e. The Hall–Kier alpha value is -0.590. The molecule has 0 fully saturated rings. The number of nitrogens with zero attached hydrogens (tertiary/aromatic N) is 1. The van der Waals surface area contributed by atoms with Gasteiger partial charge in [-0.25, -0.2) is 0 Å². The number of aliphatic hydroxyl groups is 1. The first kappa shape index (κ1) is 15.8. The molecule has 0 saturated heterocycles. The Bertz CT molecular complexity index is 56.6. The van der Waals surface area contributed by atoms with Crippen LogP contribution in [0.2, 0.25) is 0 Å². The lowest BCUT2D eigenvalue weighted by Gasteiger charge is -1.79. The van der Waals surface area contributed by atoms with Crippen LogP contribution in [0.1, 0.15) is 26.7 Å². The van der Waals surface area contributed by atoms with Crippen molar-refractivity contribution < 1.29 is 10.6 Å². The Morgan fingerprint density at radius 2 is 1.89 bits per heavy atom. The highest BCUT2D eigenvalue weighted by atomic mass is 16.2. The van der Waals surface area contributed by atoms with Crippen molar-refractivity contribution in [1.82, 2.24) is 0 Å². The molecule has 0 aliphatic carbocycles. The summed E-state index contributed by atoms with van der Waals surface area (Å²) in [4.78, 5) is 0. The lowest BCUT2D eigenvalue weighted by atomic mass is 10.4. The van der Waals surface area contributed by atoms with Gasteiger partial charge in [0.1, 0.15) is 0 Å². The van der Waals surface area contributed by atoms with E-state index in [0.29, 0.717) is 6.61 Å². The van der Waals surface area contributed by atoms with Crippen molar-refractivity contribution in [2.45, 2.75) is 26.7 Å². The Balaban J connectivity index is -0.0000000800. The van der Waals surface area contributed by atoms with Gasteiger partial charge in [-0.3, -0.25) is 0 Å². The molecule has 0 aliphatic rings. The fourth-order valence-corrected chi connectivity index (χ4v) is 0.158. The summed E-state index contributed by atoms with van der Waals surface area (Å²) in [5, 5.41) is 15.4. The molecule has 0 saturated carbocycles. The third-order valence-electron chi connectivity index (χ3n) is 0.512. The summed E-state index contributed by atoms with van der Waals surface area (Å²) < 4.78 is 0. The summed E-state index contributed by atoms with van der Waals surface area (Å²) in [6.45, 7) is 3.83. The van der Waals surface area contributed by atoms with E-state index in [2.05, 4.69) is 6.92 Å². The van der Waals surface area contributed by atoms with Crippen molar-refractivity contribution in [2.75, 3.05) is 6.61 Å². The second-order valence-electron chi connectivity index (χ2n) is 1.30. The lowest BCUT2D eigenvalue weighted by molar-refractivity contribution is 0.287. The van der Waals surface area contributed by atoms with Gasteiger partial charge in [0.15, 0.2) is 0 Å². The molecule has 0 atom stereocenters. The molecule has 56 valence electrons. The maximum atomic E-state index is 8.07. The largest absolute Gasteiger partial charge is 0.412 e. The Morgan fingerprint density at radius 3 is 1.89 bits per heavy atom. The minimum absolute atomic E-state index is 0. The average molecular weight is 133 g/mol.